The van der Waals surface area contributed by atoms with E-state index in [0.29, 0.717) is 13.2 Å². The molecule has 0 aliphatic heterocycles. The molecule has 0 aromatic heterocycles. The van der Waals surface area contributed by atoms with Gasteiger partial charge in [-0.1, -0.05) is 36.4 Å². The summed E-state index contributed by atoms with van der Waals surface area (Å²) in [5.74, 6) is 1.80. The Kier molecular flexibility index (Phi) is 10.9. The first-order valence-corrected chi connectivity index (χ1v) is 9.43. The van der Waals surface area contributed by atoms with E-state index in [-0.39, 0.29) is 0 Å². The Hall–Kier alpha value is -2.27. The van der Waals surface area contributed by atoms with Crippen LogP contribution in [0, 0.1) is 13.8 Å². The van der Waals surface area contributed by atoms with Crippen LogP contribution in [0.15, 0.2) is 41.6 Å². The Bertz CT molecular complexity index is 628. The maximum absolute atomic E-state index is 5.96. The zero-order chi connectivity index (χ0) is 20.1. The largest absolute Gasteiger partial charge is 0.490 e. The number of allylic oxidation sites excluding steroid dienone is 1. The Morgan fingerprint density at radius 2 is 1.74 bits per heavy atom. The third-order valence-electron chi connectivity index (χ3n) is 4.02. The van der Waals surface area contributed by atoms with Crippen LogP contribution >= 0.6 is 0 Å². The van der Waals surface area contributed by atoms with Crippen molar-refractivity contribution in [3.05, 3.63) is 47.6 Å². The van der Waals surface area contributed by atoms with Crippen molar-refractivity contribution in [3.63, 3.8) is 0 Å². The number of nitrogens with zero attached hydrogens (tertiary/aromatic N) is 2. The van der Waals surface area contributed by atoms with Gasteiger partial charge in [0.25, 0.3) is 0 Å². The SMILES string of the molecule is C/C=C/COc1cc(C)c(OC/C=C/CN(CC)C/C(C)=N/OC)c(C)c1. The van der Waals surface area contributed by atoms with Crippen LogP contribution in [-0.4, -0.2) is 50.6 Å². The molecule has 0 N–H and O–H groups in total. The van der Waals surface area contributed by atoms with Crippen molar-refractivity contribution in [3.8, 4) is 11.5 Å². The molecule has 1 aromatic carbocycles. The number of benzene rings is 1. The van der Waals surface area contributed by atoms with Crippen molar-refractivity contribution in [1.82, 2.24) is 4.90 Å². The summed E-state index contributed by atoms with van der Waals surface area (Å²) in [6, 6.07) is 4.04. The highest BCUT2D eigenvalue weighted by Gasteiger charge is 2.07. The zero-order valence-electron chi connectivity index (χ0n) is 17.6. The summed E-state index contributed by atoms with van der Waals surface area (Å²) in [7, 11) is 1.57. The van der Waals surface area contributed by atoms with E-state index in [2.05, 4.69) is 29.1 Å². The van der Waals surface area contributed by atoms with E-state index in [4.69, 9.17) is 14.3 Å². The monoisotopic (exact) mass is 374 g/mol. The topological polar surface area (TPSA) is 43.3 Å². The molecule has 150 valence electrons. The van der Waals surface area contributed by atoms with Gasteiger partial charge in [0.15, 0.2) is 0 Å². The molecular formula is C22H34N2O3. The number of rotatable bonds is 12. The molecule has 0 saturated carbocycles. The van der Waals surface area contributed by atoms with Gasteiger partial charge >= 0.3 is 0 Å². The van der Waals surface area contributed by atoms with Gasteiger partial charge in [-0.3, -0.25) is 4.90 Å². The summed E-state index contributed by atoms with van der Waals surface area (Å²) >= 11 is 0. The van der Waals surface area contributed by atoms with E-state index in [1.165, 1.54) is 0 Å². The highest BCUT2D eigenvalue weighted by Crippen LogP contribution is 2.28. The lowest BCUT2D eigenvalue weighted by Crippen LogP contribution is -2.29. The summed E-state index contributed by atoms with van der Waals surface area (Å²) in [6.45, 7) is 13.9. The van der Waals surface area contributed by atoms with Crippen molar-refractivity contribution in [2.75, 3.05) is 40.0 Å². The molecule has 0 aliphatic rings. The number of aryl methyl sites for hydroxylation is 2. The Morgan fingerprint density at radius 3 is 2.33 bits per heavy atom. The molecule has 0 radical (unpaired) electrons. The lowest BCUT2D eigenvalue weighted by atomic mass is 10.1. The molecule has 0 saturated heterocycles. The van der Waals surface area contributed by atoms with Gasteiger partial charge in [0.2, 0.25) is 0 Å². The van der Waals surface area contributed by atoms with E-state index in [1.54, 1.807) is 7.11 Å². The first kappa shape index (κ1) is 22.8. The molecule has 0 fully saturated rings. The molecule has 0 atom stereocenters. The van der Waals surface area contributed by atoms with Gasteiger partial charge in [-0.05, 0) is 57.5 Å². The van der Waals surface area contributed by atoms with Crippen LogP contribution in [0.2, 0.25) is 0 Å². The molecule has 0 heterocycles. The summed E-state index contributed by atoms with van der Waals surface area (Å²) < 4.78 is 11.7. The predicted octanol–water partition coefficient (Wildman–Crippen LogP) is 4.54. The average Bonchev–Trinajstić information content (AvgIpc) is 2.62. The molecule has 1 rings (SSSR count). The summed E-state index contributed by atoms with van der Waals surface area (Å²) in [6.07, 6.45) is 8.15. The van der Waals surface area contributed by atoms with E-state index < -0.39 is 0 Å². The second kappa shape index (κ2) is 13.0. The molecule has 5 heteroatoms. The minimum absolute atomic E-state index is 0.545. The van der Waals surface area contributed by atoms with E-state index in [9.17, 15) is 0 Å². The Morgan fingerprint density at radius 1 is 1.07 bits per heavy atom. The lowest BCUT2D eigenvalue weighted by molar-refractivity contribution is 0.210. The average molecular weight is 375 g/mol. The number of likely N-dealkylation sites (N-methyl/N-ethyl adjacent to an activating group) is 1. The predicted molar refractivity (Wildman–Crippen MR) is 113 cm³/mol. The molecule has 5 nitrogen and oxygen atoms in total. The van der Waals surface area contributed by atoms with Crippen molar-refractivity contribution in [2.24, 2.45) is 5.16 Å². The zero-order valence-corrected chi connectivity index (χ0v) is 17.6. The number of oxime groups is 1. The second-order valence-electron chi connectivity index (χ2n) is 6.39. The molecule has 0 amide bonds. The fourth-order valence-corrected chi connectivity index (χ4v) is 2.70. The fourth-order valence-electron chi connectivity index (χ4n) is 2.70. The van der Waals surface area contributed by atoms with Gasteiger partial charge in [0.05, 0.1) is 5.71 Å². The summed E-state index contributed by atoms with van der Waals surface area (Å²) in [5, 5.41) is 3.96. The van der Waals surface area contributed by atoms with Crippen molar-refractivity contribution < 1.29 is 14.3 Å². The highest BCUT2D eigenvalue weighted by molar-refractivity contribution is 5.83. The molecule has 0 unspecified atom stereocenters. The second-order valence-corrected chi connectivity index (χ2v) is 6.39. The Balaban J connectivity index is 2.53. The van der Waals surface area contributed by atoms with Crippen molar-refractivity contribution in [2.45, 2.75) is 34.6 Å². The molecule has 27 heavy (non-hydrogen) atoms. The minimum atomic E-state index is 0.545. The molecule has 0 aliphatic carbocycles. The smallest absolute Gasteiger partial charge is 0.125 e. The first-order chi connectivity index (χ1) is 13.0. The lowest BCUT2D eigenvalue weighted by Gasteiger charge is -2.17. The van der Waals surface area contributed by atoms with E-state index >= 15 is 0 Å². The molecule has 1 aromatic rings. The highest BCUT2D eigenvalue weighted by atomic mass is 16.6. The molecule has 0 spiro atoms. The molecule has 0 bridgehead atoms. The summed E-state index contributed by atoms with van der Waals surface area (Å²) in [4.78, 5) is 7.09. The third kappa shape index (κ3) is 8.78. The van der Waals surface area contributed by atoms with Crippen LogP contribution in [0.25, 0.3) is 0 Å². The number of ether oxygens (including phenoxy) is 2. The van der Waals surface area contributed by atoms with Crippen LogP contribution in [0.3, 0.4) is 0 Å². The van der Waals surface area contributed by atoms with Gasteiger partial charge in [-0.2, -0.15) is 0 Å². The maximum Gasteiger partial charge on any atom is 0.125 e. The van der Waals surface area contributed by atoms with Crippen molar-refractivity contribution in [1.29, 1.82) is 0 Å². The van der Waals surface area contributed by atoms with Gasteiger partial charge in [0, 0.05) is 13.1 Å². The van der Waals surface area contributed by atoms with Gasteiger partial charge in [-0.25, -0.2) is 0 Å². The van der Waals surface area contributed by atoms with Crippen LogP contribution in [-0.2, 0) is 4.84 Å². The van der Waals surface area contributed by atoms with Gasteiger partial charge in [-0.15, -0.1) is 0 Å². The third-order valence-corrected chi connectivity index (χ3v) is 4.02. The first-order valence-electron chi connectivity index (χ1n) is 9.43. The van der Waals surface area contributed by atoms with Crippen LogP contribution in [0.4, 0.5) is 0 Å². The fraction of sp³-hybridized carbons (Fsp3) is 0.500. The standard InChI is InChI=1S/C22H34N2O3/c1-7-9-13-26-21-15-18(3)22(19(4)16-21)27-14-11-10-12-24(8-2)17-20(5)23-25-6/h7,9-11,15-16H,8,12-14,17H2,1-6H3/b9-7+,11-10+,23-20+. The number of hydrogen-bond acceptors (Lipinski definition) is 5. The summed E-state index contributed by atoms with van der Waals surface area (Å²) in [5.41, 5.74) is 3.13. The van der Waals surface area contributed by atoms with Crippen LogP contribution < -0.4 is 9.47 Å². The maximum atomic E-state index is 5.96. The number of hydrogen-bond donors (Lipinski definition) is 0. The van der Waals surface area contributed by atoms with Gasteiger partial charge < -0.3 is 14.3 Å². The minimum Gasteiger partial charge on any atom is -0.490 e. The Labute approximate surface area is 164 Å². The van der Waals surface area contributed by atoms with Gasteiger partial charge in [0.1, 0.15) is 31.8 Å². The quantitative estimate of drug-likeness (QED) is 0.306. The van der Waals surface area contributed by atoms with E-state index in [1.807, 2.05) is 52.0 Å². The van der Waals surface area contributed by atoms with E-state index in [0.717, 1.165) is 48.0 Å². The normalized spacial score (nSPS) is 12.3. The van der Waals surface area contributed by atoms with Crippen molar-refractivity contribution >= 4 is 5.71 Å². The molecular weight excluding hydrogens is 340 g/mol. The van der Waals surface area contributed by atoms with Crippen LogP contribution in [0.5, 0.6) is 11.5 Å². The van der Waals surface area contributed by atoms with Crippen LogP contribution in [0.1, 0.15) is 31.9 Å².